The second kappa shape index (κ2) is 4.31. The molecule has 0 radical (unpaired) electrons. The monoisotopic (exact) mass is 258 g/mol. The van der Waals surface area contributed by atoms with Gasteiger partial charge in [0.05, 0.1) is 11.6 Å². The Morgan fingerprint density at radius 1 is 1.28 bits per heavy atom. The van der Waals surface area contributed by atoms with Crippen LogP contribution < -0.4 is 5.32 Å². The molecular formula is C13H11ClN4. The number of nitrogens with zero attached hydrogens (tertiary/aromatic N) is 3. The standard InChI is InChI=1S/C13H11ClN4/c1-9-7-11(10-5-3-2-4-6-10)18-13(15-9)16-12(8-14)17-18/h2-7H,1,8H2,(H,15,16,17). The molecule has 90 valence electrons. The highest BCUT2D eigenvalue weighted by Crippen LogP contribution is 2.26. The number of nitrogens with one attached hydrogen (secondary N) is 1. The maximum atomic E-state index is 5.77. The number of rotatable bonds is 2. The fourth-order valence-corrected chi connectivity index (χ4v) is 1.99. The van der Waals surface area contributed by atoms with Crippen molar-refractivity contribution in [2.45, 2.75) is 5.88 Å². The van der Waals surface area contributed by atoms with Gasteiger partial charge in [-0.3, -0.25) is 0 Å². The number of hydrogen-bond acceptors (Lipinski definition) is 3. The third-order valence-electron chi connectivity index (χ3n) is 2.65. The number of benzene rings is 1. The first-order valence-corrected chi connectivity index (χ1v) is 6.06. The molecule has 4 nitrogen and oxygen atoms in total. The Morgan fingerprint density at radius 2 is 2.06 bits per heavy atom. The number of fused-ring (bicyclic) bond motifs is 1. The lowest BCUT2D eigenvalue weighted by molar-refractivity contribution is 0.875. The van der Waals surface area contributed by atoms with Crippen molar-refractivity contribution >= 4 is 23.2 Å². The minimum atomic E-state index is 0.288. The normalized spacial score (nSPS) is 13.8. The van der Waals surface area contributed by atoms with Crippen LogP contribution in [0.15, 0.2) is 48.7 Å². The first-order valence-electron chi connectivity index (χ1n) is 5.53. The Balaban J connectivity index is 2.14. The highest BCUT2D eigenvalue weighted by molar-refractivity contribution is 6.16. The molecule has 0 amide bonds. The number of halogens is 1. The van der Waals surface area contributed by atoms with Crippen LogP contribution in [0.25, 0.3) is 5.70 Å². The van der Waals surface area contributed by atoms with Crippen LogP contribution in [0.3, 0.4) is 0 Å². The Kier molecular flexibility index (Phi) is 2.64. The molecule has 0 saturated heterocycles. The number of hydrogen-bond donors (Lipinski definition) is 1. The van der Waals surface area contributed by atoms with Crippen LogP contribution in [0, 0.1) is 0 Å². The molecule has 1 N–H and O–H groups in total. The van der Waals surface area contributed by atoms with E-state index in [2.05, 4.69) is 22.0 Å². The van der Waals surface area contributed by atoms with Gasteiger partial charge in [-0.05, 0) is 6.08 Å². The van der Waals surface area contributed by atoms with Gasteiger partial charge in [-0.15, -0.1) is 16.7 Å². The van der Waals surface area contributed by atoms with Gasteiger partial charge in [0, 0.05) is 11.3 Å². The average molecular weight is 259 g/mol. The van der Waals surface area contributed by atoms with E-state index in [9.17, 15) is 0 Å². The average Bonchev–Trinajstić information content (AvgIpc) is 2.81. The molecule has 0 aliphatic carbocycles. The van der Waals surface area contributed by atoms with Crippen molar-refractivity contribution in [3.05, 3.63) is 60.1 Å². The Morgan fingerprint density at radius 3 is 2.78 bits per heavy atom. The van der Waals surface area contributed by atoms with Crippen LogP contribution in [0.2, 0.25) is 0 Å². The van der Waals surface area contributed by atoms with Crippen molar-refractivity contribution in [3.63, 3.8) is 0 Å². The quantitative estimate of drug-likeness (QED) is 0.843. The zero-order chi connectivity index (χ0) is 12.5. The van der Waals surface area contributed by atoms with Gasteiger partial charge in [0.1, 0.15) is 0 Å². The van der Waals surface area contributed by atoms with E-state index in [1.54, 1.807) is 4.68 Å². The van der Waals surface area contributed by atoms with E-state index in [-0.39, 0.29) is 5.88 Å². The summed E-state index contributed by atoms with van der Waals surface area (Å²) in [6, 6.07) is 10.00. The molecule has 1 aliphatic rings. The Bertz CT molecular complexity index is 628. The van der Waals surface area contributed by atoms with E-state index in [0.29, 0.717) is 11.8 Å². The molecule has 1 aromatic carbocycles. The summed E-state index contributed by atoms with van der Waals surface area (Å²) < 4.78 is 1.75. The largest absolute Gasteiger partial charge is 0.325 e. The predicted molar refractivity (Wildman–Crippen MR) is 72.2 cm³/mol. The summed E-state index contributed by atoms with van der Waals surface area (Å²) in [5.74, 6) is 1.53. The maximum absolute atomic E-state index is 5.77. The Labute approximate surface area is 110 Å². The van der Waals surface area contributed by atoms with E-state index < -0.39 is 0 Å². The minimum absolute atomic E-state index is 0.288. The summed E-state index contributed by atoms with van der Waals surface area (Å²) in [7, 11) is 0. The smallest absolute Gasteiger partial charge is 0.230 e. The van der Waals surface area contributed by atoms with Crippen molar-refractivity contribution in [1.29, 1.82) is 0 Å². The molecule has 5 heteroatoms. The first-order chi connectivity index (χ1) is 8.78. The highest BCUT2D eigenvalue weighted by atomic mass is 35.5. The Hall–Kier alpha value is -2.07. The second-order valence-electron chi connectivity index (χ2n) is 3.94. The summed E-state index contributed by atoms with van der Waals surface area (Å²) in [5.41, 5.74) is 2.79. The fraction of sp³-hybridized carbons (Fsp3) is 0.0769. The molecule has 1 aliphatic heterocycles. The molecule has 18 heavy (non-hydrogen) atoms. The lowest BCUT2D eigenvalue weighted by Crippen LogP contribution is -2.13. The van der Waals surface area contributed by atoms with E-state index in [4.69, 9.17) is 11.6 Å². The molecular weight excluding hydrogens is 248 g/mol. The summed E-state index contributed by atoms with van der Waals surface area (Å²) in [6.45, 7) is 3.92. The molecule has 0 spiro atoms. The number of anilines is 1. The molecule has 3 rings (SSSR count). The SMILES string of the molecule is C=C1C=C(c2ccccc2)n2nc(CCl)nc2N1. The van der Waals surface area contributed by atoms with Crippen molar-refractivity contribution in [3.8, 4) is 0 Å². The lowest BCUT2D eigenvalue weighted by atomic mass is 10.1. The summed E-state index contributed by atoms with van der Waals surface area (Å²) in [5, 5.41) is 7.44. The van der Waals surface area contributed by atoms with Gasteiger partial charge in [0.2, 0.25) is 5.95 Å². The zero-order valence-electron chi connectivity index (χ0n) is 9.60. The molecule has 0 fully saturated rings. The van der Waals surface area contributed by atoms with Crippen molar-refractivity contribution in [1.82, 2.24) is 14.8 Å². The first kappa shape index (κ1) is 11.0. The molecule has 0 atom stereocenters. The van der Waals surface area contributed by atoms with Crippen LogP contribution in [0.5, 0.6) is 0 Å². The third-order valence-corrected chi connectivity index (χ3v) is 2.89. The highest BCUT2D eigenvalue weighted by Gasteiger charge is 2.18. The van der Waals surface area contributed by atoms with Gasteiger partial charge in [-0.25, -0.2) is 0 Å². The van der Waals surface area contributed by atoms with Gasteiger partial charge in [-0.2, -0.15) is 9.67 Å². The molecule has 2 heterocycles. The summed E-state index contributed by atoms with van der Waals surface area (Å²) in [4.78, 5) is 4.30. The molecule has 1 aromatic heterocycles. The van der Waals surface area contributed by atoms with Gasteiger partial charge in [0.15, 0.2) is 5.82 Å². The van der Waals surface area contributed by atoms with E-state index in [1.807, 2.05) is 36.4 Å². The molecule has 0 unspecified atom stereocenters. The van der Waals surface area contributed by atoms with Gasteiger partial charge in [-0.1, -0.05) is 36.9 Å². The van der Waals surface area contributed by atoms with E-state index in [0.717, 1.165) is 17.0 Å². The van der Waals surface area contributed by atoms with Crippen LogP contribution in [0.1, 0.15) is 11.4 Å². The van der Waals surface area contributed by atoms with Crippen molar-refractivity contribution < 1.29 is 0 Å². The van der Waals surface area contributed by atoms with Crippen LogP contribution in [0.4, 0.5) is 5.95 Å². The van der Waals surface area contributed by atoms with Crippen LogP contribution in [-0.4, -0.2) is 14.8 Å². The van der Waals surface area contributed by atoms with Crippen molar-refractivity contribution in [2.24, 2.45) is 0 Å². The van der Waals surface area contributed by atoms with Gasteiger partial charge in [0.25, 0.3) is 0 Å². The fourth-order valence-electron chi connectivity index (χ4n) is 1.88. The topological polar surface area (TPSA) is 42.7 Å². The third kappa shape index (κ3) is 1.80. The molecule has 0 bridgehead atoms. The summed E-state index contributed by atoms with van der Waals surface area (Å²) in [6.07, 6.45) is 1.94. The van der Waals surface area contributed by atoms with Crippen LogP contribution >= 0.6 is 11.6 Å². The summed E-state index contributed by atoms with van der Waals surface area (Å²) >= 11 is 5.77. The molecule has 2 aromatic rings. The van der Waals surface area contributed by atoms with Gasteiger partial charge >= 0.3 is 0 Å². The minimum Gasteiger partial charge on any atom is -0.325 e. The number of allylic oxidation sites excluding steroid dienone is 1. The maximum Gasteiger partial charge on any atom is 0.230 e. The predicted octanol–water partition coefficient (Wildman–Crippen LogP) is 2.85. The van der Waals surface area contributed by atoms with Crippen molar-refractivity contribution in [2.75, 3.05) is 5.32 Å². The second-order valence-corrected chi connectivity index (χ2v) is 4.21. The number of alkyl halides is 1. The van der Waals surface area contributed by atoms with Crippen LogP contribution in [-0.2, 0) is 5.88 Å². The molecule has 0 saturated carbocycles. The van der Waals surface area contributed by atoms with E-state index in [1.165, 1.54) is 0 Å². The lowest BCUT2D eigenvalue weighted by Gasteiger charge is -2.17. The number of aromatic nitrogens is 3. The van der Waals surface area contributed by atoms with E-state index >= 15 is 0 Å². The zero-order valence-corrected chi connectivity index (χ0v) is 10.4. The van der Waals surface area contributed by atoms with Gasteiger partial charge < -0.3 is 5.32 Å².